The maximum absolute atomic E-state index is 13.5. The molecule has 0 aromatic heterocycles. The van der Waals surface area contributed by atoms with E-state index < -0.39 is 40.2 Å². The number of amides is 1. The summed E-state index contributed by atoms with van der Waals surface area (Å²) in [4.78, 5) is 34.3. The average molecular weight is 364 g/mol. The lowest BCUT2D eigenvalue weighted by molar-refractivity contribution is -0.385. The summed E-state index contributed by atoms with van der Waals surface area (Å²) < 4.78 is 31.6. The Balaban J connectivity index is 2.09. The predicted molar refractivity (Wildman–Crippen MR) is 87.7 cm³/mol. The summed E-state index contributed by atoms with van der Waals surface area (Å²) in [5.74, 6) is -3.45. The van der Waals surface area contributed by atoms with Gasteiger partial charge in [-0.15, -0.1) is 0 Å². The van der Waals surface area contributed by atoms with Crippen LogP contribution >= 0.6 is 0 Å². The lowest BCUT2D eigenvalue weighted by atomic mass is 10.1. The van der Waals surface area contributed by atoms with Gasteiger partial charge in [0, 0.05) is 17.7 Å². The van der Waals surface area contributed by atoms with Gasteiger partial charge in [0.1, 0.15) is 11.6 Å². The number of nitro benzene ring substituents is 1. The third-order valence-electron chi connectivity index (χ3n) is 3.48. The van der Waals surface area contributed by atoms with E-state index in [2.05, 4.69) is 5.32 Å². The van der Waals surface area contributed by atoms with Gasteiger partial charge in [0.2, 0.25) is 0 Å². The second kappa shape index (κ2) is 7.68. The fourth-order valence-electron chi connectivity index (χ4n) is 2.04. The summed E-state index contributed by atoms with van der Waals surface area (Å²) in [6.45, 7) is 2.74. The molecule has 26 heavy (non-hydrogen) atoms. The molecule has 1 amide bonds. The van der Waals surface area contributed by atoms with Gasteiger partial charge in [-0.3, -0.25) is 14.9 Å². The standard InChI is InChI=1S/C17H14F2N2O5/c1-9-3-4-11(7-15(9)21(24)25)17(23)26-10(2)16(22)20-14-8-12(18)5-6-13(14)19/h3-8,10H,1-2H3,(H,20,22)/t10-/m1/s1. The first kappa shape index (κ1) is 19.0. The van der Waals surface area contributed by atoms with Crippen LogP contribution in [-0.2, 0) is 9.53 Å². The second-order valence-electron chi connectivity index (χ2n) is 5.42. The third-order valence-corrected chi connectivity index (χ3v) is 3.48. The van der Waals surface area contributed by atoms with Crippen molar-refractivity contribution in [2.24, 2.45) is 0 Å². The van der Waals surface area contributed by atoms with Crippen molar-refractivity contribution in [2.75, 3.05) is 5.32 Å². The number of carbonyl (C=O) groups excluding carboxylic acids is 2. The number of esters is 1. The predicted octanol–water partition coefficient (Wildman–Crippen LogP) is 3.37. The van der Waals surface area contributed by atoms with Crippen LogP contribution in [0.1, 0.15) is 22.8 Å². The van der Waals surface area contributed by atoms with Gasteiger partial charge < -0.3 is 10.1 Å². The van der Waals surface area contributed by atoms with Gasteiger partial charge in [0.25, 0.3) is 11.6 Å². The zero-order valence-corrected chi connectivity index (χ0v) is 13.8. The molecule has 0 bridgehead atoms. The lowest BCUT2D eigenvalue weighted by Gasteiger charge is -2.14. The molecule has 0 saturated heterocycles. The van der Waals surface area contributed by atoms with Crippen molar-refractivity contribution in [1.82, 2.24) is 0 Å². The van der Waals surface area contributed by atoms with Crippen molar-refractivity contribution < 1.29 is 28.0 Å². The summed E-state index contributed by atoms with van der Waals surface area (Å²) in [5.41, 5.74) is -0.417. The molecule has 0 spiro atoms. The van der Waals surface area contributed by atoms with Crippen molar-refractivity contribution in [3.05, 3.63) is 69.3 Å². The molecule has 0 radical (unpaired) electrons. The molecule has 2 aromatic carbocycles. The average Bonchev–Trinajstić information content (AvgIpc) is 2.58. The first-order valence-corrected chi connectivity index (χ1v) is 7.41. The first-order chi connectivity index (χ1) is 12.2. The topological polar surface area (TPSA) is 98.5 Å². The summed E-state index contributed by atoms with van der Waals surface area (Å²) in [6.07, 6.45) is -1.34. The highest BCUT2D eigenvalue weighted by Crippen LogP contribution is 2.20. The van der Waals surface area contributed by atoms with Gasteiger partial charge in [0.05, 0.1) is 16.2 Å². The monoisotopic (exact) mass is 364 g/mol. The molecule has 136 valence electrons. The normalized spacial score (nSPS) is 11.5. The summed E-state index contributed by atoms with van der Waals surface area (Å²) in [6, 6.07) is 6.24. The van der Waals surface area contributed by atoms with Crippen LogP contribution < -0.4 is 5.32 Å². The smallest absolute Gasteiger partial charge is 0.339 e. The van der Waals surface area contributed by atoms with Crippen molar-refractivity contribution in [3.63, 3.8) is 0 Å². The van der Waals surface area contributed by atoms with Crippen LogP contribution in [0.3, 0.4) is 0 Å². The van der Waals surface area contributed by atoms with Crippen molar-refractivity contribution in [3.8, 4) is 0 Å². The van der Waals surface area contributed by atoms with E-state index in [1.807, 2.05) is 0 Å². The minimum absolute atomic E-state index is 0.112. The largest absolute Gasteiger partial charge is 0.449 e. The van der Waals surface area contributed by atoms with Crippen LogP contribution in [0.15, 0.2) is 36.4 Å². The minimum atomic E-state index is -1.34. The van der Waals surface area contributed by atoms with E-state index in [4.69, 9.17) is 4.74 Å². The molecule has 0 aliphatic carbocycles. The molecule has 9 heteroatoms. The highest BCUT2D eigenvalue weighted by atomic mass is 19.1. The van der Waals surface area contributed by atoms with Gasteiger partial charge in [-0.2, -0.15) is 0 Å². The fraction of sp³-hybridized carbons (Fsp3) is 0.176. The van der Waals surface area contributed by atoms with Crippen LogP contribution in [0.2, 0.25) is 0 Å². The Kier molecular flexibility index (Phi) is 5.61. The molecule has 0 aliphatic heterocycles. The molecule has 1 atom stereocenters. The number of carbonyl (C=O) groups is 2. The SMILES string of the molecule is Cc1ccc(C(=O)O[C@H](C)C(=O)Nc2cc(F)ccc2F)cc1[N+](=O)[O-]. The first-order valence-electron chi connectivity index (χ1n) is 7.41. The zero-order chi connectivity index (χ0) is 19.4. The molecular weight excluding hydrogens is 350 g/mol. The highest BCUT2D eigenvalue weighted by Gasteiger charge is 2.22. The van der Waals surface area contributed by atoms with Gasteiger partial charge >= 0.3 is 5.97 Å². The second-order valence-corrected chi connectivity index (χ2v) is 5.42. The van der Waals surface area contributed by atoms with Gasteiger partial charge in [0.15, 0.2) is 6.10 Å². The number of hydrogen-bond acceptors (Lipinski definition) is 5. The molecule has 0 fully saturated rings. The lowest BCUT2D eigenvalue weighted by Crippen LogP contribution is -2.30. The van der Waals surface area contributed by atoms with Crippen LogP contribution in [-0.4, -0.2) is 22.9 Å². The van der Waals surface area contributed by atoms with Gasteiger partial charge in [-0.25, -0.2) is 13.6 Å². The van der Waals surface area contributed by atoms with Crippen molar-refractivity contribution in [1.29, 1.82) is 0 Å². The number of ether oxygens (including phenoxy) is 1. The maximum Gasteiger partial charge on any atom is 0.339 e. The number of nitro groups is 1. The molecule has 0 heterocycles. The van der Waals surface area contributed by atoms with E-state index in [9.17, 15) is 28.5 Å². The maximum atomic E-state index is 13.5. The van der Waals surface area contributed by atoms with E-state index in [1.54, 1.807) is 0 Å². The Bertz CT molecular complexity index is 885. The highest BCUT2D eigenvalue weighted by molar-refractivity contribution is 5.97. The Labute approximate surface area is 146 Å². The molecule has 2 rings (SSSR count). The number of rotatable bonds is 5. The number of hydrogen-bond donors (Lipinski definition) is 1. The summed E-state index contributed by atoms with van der Waals surface area (Å²) in [5, 5.41) is 13.0. The number of nitrogens with one attached hydrogen (secondary N) is 1. The van der Waals surface area contributed by atoms with Gasteiger partial charge in [-0.1, -0.05) is 6.07 Å². The third kappa shape index (κ3) is 4.38. The number of anilines is 1. The van der Waals surface area contributed by atoms with E-state index in [0.29, 0.717) is 5.56 Å². The number of halogens is 2. The summed E-state index contributed by atoms with van der Waals surface area (Å²) >= 11 is 0. The van der Waals surface area contributed by atoms with Crippen LogP contribution in [0, 0.1) is 28.7 Å². The Morgan fingerprint density at radius 1 is 1.19 bits per heavy atom. The van der Waals surface area contributed by atoms with Crippen LogP contribution in [0.4, 0.5) is 20.2 Å². The quantitative estimate of drug-likeness (QED) is 0.498. The van der Waals surface area contributed by atoms with E-state index >= 15 is 0 Å². The Morgan fingerprint density at radius 3 is 2.54 bits per heavy atom. The van der Waals surface area contributed by atoms with E-state index in [-0.39, 0.29) is 11.3 Å². The van der Waals surface area contributed by atoms with Crippen LogP contribution in [0.5, 0.6) is 0 Å². The number of benzene rings is 2. The molecule has 7 nitrogen and oxygen atoms in total. The Morgan fingerprint density at radius 2 is 1.88 bits per heavy atom. The van der Waals surface area contributed by atoms with E-state index in [1.165, 1.54) is 26.0 Å². The molecule has 0 unspecified atom stereocenters. The fourth-order valence-corrected chi connectivity index (χ4v) is 2.04. The van der Waals surface area contributed by atoms with Gasteiger partial charge in [-0.05, 0) is 32.0 Å². The van der Waals surface area contributed by atoms with Crippen LogP contribution in [0.25, 0.3) is 0 Å². The zero-order valence-electron chi connectivity index (χ0n) is 13.8. The number of nitrogens with zero attached hydrogens (tertiary/aromatic N) is 1. The molecule has 1 N–H and O–H groups in total. The van der Waals surface area contributed by atoms with E-state index in [0.717, 1.165) is 24.3 Å². The molecule has 0 aliphatic rings. The van der Waals surface area contributed by atoms with Crippen molar-refractivity contribution >= 4 is 23.3 Å². The Hall–Kier alpha value is -3.36. The molecule has 2 aromatic rings. The minimum Gasteiger partial charge on any atom is -0.449 e. The molecule has 0 saturated carbocycles. The van der Waals surface area contributed by atoms with Crippen molar-refractivity contribution in [2.45, 2.75) is 20.0 Å². The summed E-state index contributed by atoms with van der Waals surface area (Å²) in [7, 11) is 0. The molecular formula is C17H14F2N2O5. The number of aryl methyl sites for hydroxylation is 1.